The van der Waals surface area contributed by atoms with Gasteiger partial charge in [0, 0.05) is 12.1 Å². The minimum absolute atomic E-state index is 0.685. The molecule has 0 bridgehead atoms. The van der Waals surface area contributed by atoms with Crippen molar-refractivity contribution >= 4 is 66.5 Å². The third-order valence-corrected chi connectivity index (χ3v) is 10.7. The van der Waals surface area contributed by atoms with Gasteiger partial charge in [-0.2, -0.15) is 0 Å². The summed E-state index contributed by atoms with van der Waals surface area (Å²) in [4.78, 5) is 9.37. The number of hydrogen-bond acceptors (Lipinski definition) is 2. The van der Waals surface area contributed by atoms with Crippen molar-refractivity contribution in [3.05, 3.63) is 181 Å². The molecule has 10 aromatic rings. The molecule has 0 spiro atoms. The highest BCUT2D eigenvalue weighted by atomic mass is 15.1. The summed E-state index contributed by atoms with van der Waals surface area (Å²) in [6, 6.07) is 61.6. The Balaban J connectivity index is 1.09. The van der Waals surface area contributed by atoms with Crippen molar-refractivity contribution in [3.63, 3.8) is 0 Å². The number of imidazole rings is 1. The first kappa shape index (κ1) is 30.9. The molecule has 0 saturated carbocycles. The van der Waals surface area contributed by atoms with Crippen LogP contribution in [0.25, 0.3) is 87.8 Å². The van der Waals surface area contributed by atoms with E-state index in [2.05, 4.69) is 169 Å². The van der Waals surface area contributed by atoms with Crippen LogP contribution in [0.15, 0.2) is 175 Å². The molecule has 1 heterocycles. The van der Waals surface area contributed by atoms with Crippen LogP contribution in [0.2, 0.25) is 0 Å². The minimum atomic E-state index is 0.685. The molecule has 0 radical (unpaired) electrons. The van der Waals surface area contributed by atoms with Crippen molar-refractivity contribution in [1.29, 1.82) is 0 Å². The Morgan fingerprint density at radius 1 is 0.528 bits per heavy atom. The minimum Gasteiger partial charge on any atom is -0.319 e. The van der Waals surface area contributed by atoms with E-state index in [0.717, 1.165) is 28.1 Å². The molecule has 0 amide bonds. The normalized spacial score (nSPS) is 11.6. The molecular formula is C50H35N3. The molecule has 0 unspecified atom stereocenters. The van der Waals surface area contributed by atoms with E-state index < -0.39 is 0 Å². The second-order valence-corrected chi connectivity index (χ2v) is 14.0. The maximum atomic E-state index is 5.06. The van der Waals surface area contributed by atoms with Crippen molar-refractivity contribution in [2.24, 2.45) is 4.99 Å². The molecular weight excluding hydrogens is 643 g/mol. The lowest BCUT2D eigenvalue weighted by Gasteiger charge is -2.18. The van der Waals surface area contributed by atoms with Gasteiger partial charge in [-0.25, -0.2) is 4.98 Å². The largest absolute Gasteiger partial charge is 0.319 e. The zero-order valence-corrected chi connectivity index (χ0v) is 29.4. The van der Waals surface area contributed by atoms with Crippen LogP contribution in [0, 0.1) is 6.92 Å². The molecule has 53 heavy (non-hydrogen) atoms. The van der Waals surface area contributed by atoms with E-state index in [1.165, 1.54) is 76.5 Å². The molecule has 0 aliphatic rings. The standard InChI is InChI=1S/C50H35N3/c1-32-19-21-36-29-38(25-23-34(36)27-32)48-40-11-3-5-13-42(40)49(43-14-6-4-12-41(43)48)39-26-24-35-28-33(20-22-37(35)30-39)31-53-47-18-10-9-17-46(47)52-50(53)44-15-7-8-16-45(44)51-2/h3-30H,2,31H2,1H3. The Morgan fingerprint density at radius 2 is 1.06 bits per heavy atom. The monoisotopic (exact) mass is 677 g/mol. The molecule has 0 atom stereocenters. The number of hydrogen-bond donors (Lipinski definition) is 0. The molecule has 10 rings (SSSR count). The summed E-state index contributed by atoms with van der Waals surface area (Å²) in [5.41, 5.74) is 11.4. The molecule has 0 fully saturated rings. The summed E-state index contributed by atoms with van der Waals surface area (Å²) >= 11 is 0. The number of fused-ring (bicyclic) bond motifs is 5. The molecule has 0 aliphatic heterocycles. The fourth-order valence-corrected chi connectivity index (χ4v) is 8.24. The second kappa shape index (κ2) is 12.4. The lowest BCUT2D eigenvalue weighted by molar-refractivity contribution is 0.836. The van der Waals surface area contributed by atoms with Gasteiger partial charge in [-0.3, -0.25) is 4.99 Å². The summed E-state index contributed by atoms with van der Waals surface area (Å²) in [6.07, 6.45) is 0. The number of para-hydroxylation sites is 3. The maximum Gasteiger partial charge on any atom is 0.143 e. The van der Waals surface area contributed by atoms with Crippen LogP contribution in [0.1, 0.15) is 11.1 Å². The Hall–Kier alpha value is -6.84. The van der Waals surface area contributed by atoms with Gasteiger partial charge < -0.3 is 4.57 Å². The van der Waals surface area contributed by atoms with Gasteiger partial charge in [-0.1, -0.05) is 133 Å². The van der Waals surface area contributed by atoms with Gasteiger partial charge in [-0.05, 0) is 127 Å². The fourth-order valence-electron chi connectivity index (χ4n) is 8.24. The van der Waals surface area contributed by atoms with Crippen molar-refractivity contribution in [3.8, 4) is 33.6 Å². The van der Waals surface area contributed by atoms with Gasteiger partial charge in [0.25, 0.3) is 0 Å². The van der Waals surface area contributed by atoms with Gasteiger partial charge in [0.05, 0.1) is 16.7 Å². The molecule has 250 valence electrons. The van der Waals surface area contributed by atoms with Crippen molar-refractivity contribution in [1.82, 2.24) is 9.55 Å². The van der Waals surface area contributed by atoms with E-state index in [4.69, 9.17) is 4.98 Å². The Labute approximate surface area is 308 Å². The topological polar surface area (TPSA) is 30.2 Å². The van der Waals surface area contributed by atoms with Crippen LogP contribution in [-0.4, -0.2) is 16.3 Å². The molecule has 0 saturated heterocycles. The fraction of sp³-hybridized carbons (Fsp3) is 0.0400. The lowest BCUT2D eigenvalue weighted by atomic mass is 9.85. The smallest absolute Gasteiger partial charge is 0.143 e. The summed E-state index contributed by atoms with van der Waals surface area (Å²) in [5.74, 6) is 0.894. The van der Waals surface area contributed by atoms with Crippen LogP contribution < -0.4 is 0 Å². The molecule has 1 aromatic heterocycles. The van der Waals surface area contributed by atoms with Crippen molar-refractivity contribution in [2.75, 3.05) is 0 Å². The number of benzene rings is 9. The number of aryl methyl sites for hydroxylation is 1. The summed E-state index contributed by atoms with van der Waals surface area (Å²) in [6.45, 7) is 6.66. The van der Waals surface area contributed by atoms with Crippen LogP contribution >= 0.6 is 0 Å². The van der Waals surface area contributed by atoms with E-state index in [9.17, 15) is 0 Å². The Morgan fingerprint density at radius 3 is 1.72 bits per heavy atom. The van der Waals surface area contributed by atoms with E-state index in [1.54, 1.807) is 0 Å². The zero-order chi connectivity index (χ0) is 35.5. The Kier molecular flexibility index (Phi) is 7.26. The molecule has 0 N–H and O–H groups in total. The van der Waals surface area contributed by atoms with E-state index >= 15 is 0 Å². The third-order valence-electron chi connectivity index (χ3n) is 10.7. The quantitative estimate of drug-likeness (QED) is 0.127. The first-order chi connectivity index (χ1) is 26.1. The predicted molar refractivity (Wildman–Crippen MR) is 226 cm³/mol. The van der Waals surface area contributed by atoms with Gasteiger partial charge in [0.2, 0.25) is 0 Å². The van der Waals surface area contributed by atoms with E-state index in [0.29, 0.717) is 6.54 Å². The Bertz CT molecular complexity index is 3020. The van der Waals surface area contributed by atoms with Gasteiger partial charge in [-0.15, -0.1) is 0 Å². The van der Waals surface area contributed by atoms with E-state index in [-0.39, 0.29) is 0 Å². The SMILES string of the molecule is C=Nc1ccccc1-c1nc2ccccc2n1Cc1ccc2cc(-c3c4ccccc4c(-c4ccc5cc(C)ccc5c4)c4ccccc34)ccc2c1. The average molecular weight is 678 g/mol. The molecule has 0 aliphatic carbocycles. The highest BCUT2D eigenvalue weighted by Gasteiger charge is 2.18. The summed E-state index contributed by atoms with van der Waals surface area (Å²) in [7, 11) is 0. The maximum absolute atomic E-state index is 5.06. The molecule has 3 nitrogen and oxygen atoms in total. The highest BCUT2D eigenvalue weighted by Crippen LogP contribution is 2.44. The summed E-state index contributed by atoms with van der Waals surface area (Å²) < 4.78 is 2.30. The summed E-state index contributed by atoms with van der Waals surface area (Å²) in [5, 5.41) is 10.00. The number of rotatable bonds is 6. The van der Waals surface area contributed by atoms with Gasteiger partial charge >= 0.3 is 0 Å². The number of aliphatic imine (C=N–C) groups is 1. The zero-order valence-electron chi connectivity index (χ0n) is 29.4. The van der Waals surface area contributed by atoms with Gasteiger partial charge in [0.15, 0.2) is 0 Å². The first-order valence-corrected chi connectivity index (χ1v) is 18.1. The van der Waals surface area contributed by atoms with E-state index in [1.807, 2.05) is 24.3 Å². The third kappa shape index (κ3) is 5.20. The van der Waals surface area contributed by atoms with Crippen molar-refractivity contribution < 1.29 is 0 Å². The first-order valence-electron chi connectivity index (χ1n) is 18.1. The van der Waals surface area contributed by atoms with Crippen LogP contribution in [0.4, 0.5) is 5.69 Å². The van der Waals surface area contributed by atoms with Crippen LogP contribution in [0.5, 0.6) is 0 Å². The average Bonchev–Trinajstić information content (AvgIpc) is 3.57. The lowest BCUT2D eigenvalue weighted by Crippen LogP contribution is -2.02. The van der Waals surface area contributed by atoms with Crippen LogP contribution in [0.3, 0.4) is 0 Å². The number of aromatic nitrogens is 2. The molecule has 3 heteroatoms. The highest BCUT2D eigenvalue weighted by molar-refractivity contribution is 6.22. The second-order valence-electron chi connectivity index (χ2n) is 14.0. The molecule has 9 aromatic carbocycles. The van der Waals surface area contributed by atoms with Crippen LogP contribution in [-0.2, 0) is 6.54 Å². The van der Waals surface area contributed by atoms with Crippen molar-refractivity contribution in [2.45, 2.75) is 13.5 Å². The predicted octanol–water partition coefficient (Wildman–Crippen LogP) is 13.3. The number of nitrogens with zero attached hydrogens (tertiary/aromatic N) is 3. The van der Waals surface area contributed by atoms with Gasteiger partial charge in [0.1, 0.15) is 5.82 Å².